The Bertz CT molecular complexity index is 403. The van der Waals surface area contributed by atoms with Crippen LogP contribution in [0.3, 0.4) is 0 Å². The molecule has 2 rings (SSSR count). The first-order valence-electron chi connectivity index (χ1n) is 6.76. The maximum Gasteiger partial charge on any atom is 0.0394 e. The zero-order valence-corrected chi connectivity index (χ0v) is 12.0. The van der Waals surface area contributed by atoms with Gasteiger partial charge in [-0.15, -0.1) is 0 Å². The summed E-state index contributed by atoms with van der Waals surface area (Å²) in [7, 11) is 4.39. The summed E-state index contributed by atoms with van der Waals surface area (Å²) in [6, 6.07) is 7.25. The van der Waals surface area contributed by atoms with Gasteiger partial charge in [-0.25, -0.2) is 0 Å². The molecular weight excluding hydrogens is 222 g/mol. The Labute approximate surface area is 111 Å². The van der Waals surface area contributed by atoms with E-state index >= 15 is 0 Å². The highest BCUT2D eigenvalue weighted by atomic mass is 15.2. The zero-order valence-electron chi connectivity index (χ0n) is 12.0. The van der Waals surface area contributed by atoms with Gasteiger partial charge < -0.3 is 15.1 Å². The Kier molecular flexibility index (Phi) is 4.25. The summed E-state index contributed by atoms with van der Waals surface area (Å²) in [4.78, 5) is 4.77. The molecule has 1 atom stereocenters. The van der Waals surface area contributed by atoms with Crippen LogP contribution in [-0.2, 0) is 0 Å². The van der Waals surface area contributed by atoms with Gasteiger partial charge in [-0.3, -0.25) is 0 Å². The average Bonchev–Trinajstić information content (AvgIpc) is 2.28. The van der Waals surface area contributed by atoms with Gasteiger partial charge in [0.05, 0.1) is 0 Å². The number of piperazine rings is 1. The lowest BCUT2D eigenvalue weighted by Crippen LogP contribution is -2.53. The van der Waals surface area contributed by atoms with E-state index in [1.54, 1.807) is 0 Å². The highest BCUT2D eigenvalue weighted by Gasteiger charge is 2.18. The molecule has 1 aliphatic rings. The molecule has 1 fully saturated rings. The SMILES string of the molecule is Cc1ccc(N(C)CC2CN(C)CCN2)c(C)c1. The molecule has 1 heterocycles. The first kappa shape index (κ1) is 13.4. The lowest BCUT2D eigenvalue weighted by atomic mass is 10.1. The number of benzene rings is 1. The molecule has 3 nitrogen and oxygen atoms in total. The van der Waals surface area contributed by atoms with Crippen molar-refractivity contribution in [1.29, 1.82) is 0 Å². The van der Waals surface area contributed by atoms with Crippen molar-refractivity contribution in [3.8, 4) is 0 Å². The van der Waals surface area contributed by atoms with Gasteiger partial charge in [0, 0.05) is 45.0 Å². The molecule has 18 heavy (non-hydrogen) atoms. The summed E-state index contributed by atoms with van der Waals surface area (Å²) in [5, 5.41) is 3.60. The van der Waals surface area contributed by atoms with E-state index < -0.39 is 0 Å². The fraction of sp³-hybridized carbons (Fsp3) is 0.600. The van der Waals surface area contributed by atoms with Crippen molar-refractivity contribution < 1.29 is 0 Å². The van der Waals surface area contributed by atoms with Gasteiger partial charge >= 0.3 is 0 Å². The quantitative estimate of drug-likeness (QED) is 0.876. The molecule has 0 spiro atoms. The number of rotatable bonds is 3. The molecule has 1 aromatic carbocycles. The third kappa shape index (κ3) is 3.24. The van der Waals surface area contributed by atoms with E-state index in [9.17, 15) is 0 Å². The van der Waals surface area contributed by atoms with Gasteiger partial charge in [-0.1, -0.05) is 17.7 Å². The van der Waals surface area contributed by atoms with E-state index in [4.69, 9.17) is 0 Å². The van der Waals surface area contributed by atoms with Gasteiger partial charge in [0.2, 0.25) is 0 Å². The molecule has 1 N–H and O–H groups in total. The minimum atomic E-state index is 0.564. The number of likely N-dealkylation sites (N-methyl/N-ethyl adjacent to an activating group) is 2. The molecule has 0 saturated carbocycles. The molecule has 0 aliphatic carbocycles. The van der Waals surface area contributed by atoms with Gasteiger partial charge in [0.25, 0.3) is 0 Å². The molecule has 1 unspecified atom stereocenters. The van der Waals surface area contributed by atoms with Crippen LogP contribution in [0.1, 0.15) is 11.1 Å². The van der Waals surface area contributed by atoms with E-state index in [-0.39, 0.29) is 0 Å². The Morgan fingerprint density at radius 2 is 2.17 bits per heavy atom. The largest absolute Gasteiger partial charge is 0.373 e. The number of nitrogens with zero attached hydrogens (tertiary/aromatic N) is 2. The second kappa shape index (κ2) is 5.72. The van der Waals surface area contributed by atoms with Crippen LogP contribution in [0.25, 0.3) is 0 Å². The van der Waals surface area contributed by atoms with Crippen LogP contribution in [0.2, 0.25) is 0 Å². The van der Waals surface area contributed by atoms with E-state index in [1.807, 2.05) is 0 Å². The average molecular weight is 247 g/mol. The minimum Gasteiger partial charge on any atom is -0.373 e. The maximum absolute atomic E-state index is 3.60. The van der Waals surface area contributed by atoms with Crippen molar-refractivity contribution in [2.24, 2.45) is 0 Å². The molecule has 0 amide bonds. The number of hydrogen-bond acceptors (Lipinski definition) is 3. The first-order chi connectivity index (χ1) is 8.56. The van der Waals surface area contributed by atoms with Gasteiger partial charge in [0.15, 0.2) is 0 Å². The Hall–Kier alpha value is -1.06. The lowest BCUT2D eigenvalue weighted by Gasteiger charge is -2.34. The van der Waals surface area contributed by atoms with Gasteiger partial charge in [-0.2, -0.15) is 0 Å². The van der Waals surface area contributed by atoms with Crippen LogP contribution < -0.4 is 10.2 Å². The molecule has 0 radical (unpaired) electrons. The fourth-order valence-electron chi connectivity index (χ4n) is 2.78. The summed E-state index contributed by atoms with van der Waals surface area (Å²) < 4.78 is 0. The molecule has 1 saturated heterocycles. The molecule has 0 bridgehead atoms. The Morgan fingerprint density at radius 1 is 1.39 bits per heavy atom. The third-order valence-corrected chi connectivity index (χ3v) is 3.72. The molecule has 1 aliphatic heterocycles. The predicted octanol–water partition coefficient (Wildman–Crippen LogP) is 1.64. The summed E-state index contributed by atoms with van der Waals surface area (Å²) in [5.74, 6) is 0. The smallest absolute Gasteiger partial charge is 0.0394 e. The van der Waals surface area contributed by atoms with Crippen LogP contribution >= 0.6 is 0 Å². The summed E-state index contributed by atoms with van der Waals surface area (Å²) in [6.07, 6.45) is 0. The van der Waals surface area contributed by atoms with Crippen molar-refractivity contribution in [2.75, 3.05) is 45.2 Å². The standard InChI is InChI=1S/C15H25N3/c1-12-5-6-15(13(2)9-12)18(4)11-14-10-17(3)8-7-16-14/h5-6,9,14,16H,7-8,10-11H2,1-4H3. The number of nitrogens with one attached hydrogen (secondary N) is 1. The zero-order chi connectivity index (χ0) is 13.1. The maximum atomic E-state index is 3.60. The van der Waals surface area contributed by atoms with Crippen LogP contribution in [0.5, 0.6) is 0 Å². The van der Waals surface area contributed by atoms with E-state index in [0.717, 1.165) is 26.2 Å². The second-order valence-electron chi connectivity index (χ2n) is 5.58. The summed E-state index contributed by atoms with van der Waals surface area (Å²) >= 11 is 0. The van der Waals surface area contributed by atoms with Crippen molar-refractivity contribution >= 4 is 5.69 Å². The Balaban J connectivity index is 2.00. The van der Waals surface area contributed by atoms with Crippen molar-refractivity contribution in [3.05, 3.63) is 29.3 Å². The molecular formula is C15H25N3. The molecule has 3 heteroatoms. The number of anilines is 1. The fourth-order valence-corrected chi connectivity index (χ4v) is 2.78. The number of aryl methyl sites for hydroxylation is 2. The molecule has 100 valence electrons. The lowest BCUT2D eigenvalue weighted by molar-refractivity contribution is 0.241. The third-order valence-electron chi connectivity index (χ3n) is 3.72. The molecule has 0 aromatic heterocycles. The second-order valence-corrected chi connectivity index (χ2v) is 5.58. The normalized spacial score (nSPS) is 21.0. The van der Waals surface area contributed by atoms with E-state index in [1.165, 1.54) is 16.8 Å². The minimum absolute atomic E-state index is 0.564. The summed E-state index contributed by atoms with van der Waals surface area (Å²) in [6.45, 7) is 8.79. The predicted molar refractivity (Wildman–Crippen MR) is 78.5 cm³/mol. The van der Waals surface area contributed by atoms with Crippen molar-refractivity contribution in [2.45, 2.75) is 19.9 Å². The van der Waals surface area contributed by atoms with Crippen LogP contribution in [0.4, 0.5) is 5.69 Å². The van der Waals surface area contributed by atoms with E-state index in [2.05, 4.69) is 61.3 Å². The van der Waals surface area contributed by atoms with Gasteiger partial charge in [-0.05, 0) is 32.5 Å². The monoisotopic (exact) mass is 247 g/mol. The van der Waals surface area contributed by atoms with Crippen molar-refractivity contribution in [1.82, 2.24) is 10.2 Å². The van der Waals surface area contributed by atoms with E-state index in [0.29, 0.717) is 6.04 Å². The topological polar surface area (TPSA) is 18.5 Å². The van der Waals surface area contributed by atoms with Crippen LogP contribution in [0, 0.1) is 13.8 Å². The van der Waals surface area contributed by atoms with Crippen molar-refractivity contribution in [3.63, 3.8) is 0 Å². The highest BCUT2D eigenvalue weighted by molar-refractivity contribution is 5.53. The Morgan fingerprint density at radius 3 is 2.83 bits per heavy atom. The molecule has 1 aromatic rings. The summed E-state index contributed by atoms with van der Waals surface area (Å²) in [5.41, 5.74) is 4.04. The first-order valence-corrected chi connectivity index (χ1v) is 6.76. The van der Waals surface area contributed by atoms with Crippen LogP contribution in [-0.4, -0.2) is 51.2 Å². The highest BCUT2D eigenvalue weighted by Crippen LogP contribution is 2.20. The van der Waals surface area contributed by atoms with Gasteiger partial charge in [0.1, 0.15) is 0 Å². The van der Waals surface area contributed by atoms with Crippen LogP contribution in [0.15, 0.2) is 18.2 Å². The number of hydrogen-bond donors (Lipinski definition) is 1.